The standard InChI is InChI=1S/C29H29N3O5S3/c1-20-5-18-28(21(2)19-20)31-39(34,35)26-14-8-23(9-15-26)30-29(33)22-6-10-24(11-7-22)32(3)40(36,37)27-16-12-25(38-4)13-17-27/h5-19,31H,1-4H3,(H,30,33). The Morgan fingerprint density at radius 1 is 0.775 bits per heavy atom. The Labute approximate surface area is 239 Å². The smallest absolute Gasteiger partial charge is 0.264 e. The molecule has 0 aliphatic carbocycles. The van der Waals surface area contributed by atoms with Gasteiger partial charge < -0.3 is 5.32 Å². The van der Waals surface area contributed by atoms with Crippen molar-refractivity contribution in [3.8, 4) is 0 Å². The van der Waals surface area contributed by atoms with Gasteiger partial charge >= 0.3 is 0 Å². The van der Waals surface area contributed by atoms with Crippen LogP contribution in [0.3, 0.4) is 0 Å². The molecule has 4 rings (SSSR count). The number of rotatable bonds is 9. The average Bonchev–Trinajstić information content (AvgIpc) is 2.94. The van der Waals surface area contributed by atoms with Gasteiger partial charge in [0, 0.05) is 23.2 Å². The molecule has 0 fully saturated rings. The van der Waals surface area contributed by atoms with Crippen molar-refractivity contribution in [1.29, 1.82) is 0 Å². The summed E-state index contributed by atoms with van der Waals surface area (Å²) < 4.78 is 55.4. The Bertz CT molecular complexity index is 1740. The number of hydrogen-bond donors (Lipinski definition) is 2. The van der Waals surface area contributed by atoms with E-state index in [-0.39, 0.29) is 9.79 Å². The van der Waals surface area contributed by atoms with Crippen LogP contribution >= 0.6 is 11.8 Å². The molecule has 0 saturated carbocycles. The topological polar surface area (TPSA) is 113 Å². The second-order valence-corrected chi connectivity index (χ2v) is 13.6. The number of amides is 1. The average molecular weight is 596 g/mol. The molecule has 0 unspecified atom stereocenters. The Kier molecular flexibility index (Phi) is 8.57. The normalized spacial score (nSPS) is 11.6. The van der Waals surface area contributed by atoms with Crippen molar-refractivity contribution >= 4 is 54.8 Å². The number of benzene rings is 4. The van der Waals surface area contributed by atoms with Gasteiger partial charge in [-0.2, -0.15) is 0 Å². The molecule has 0 atom stereocenters. The number of nitrogens with zero attached hydrogens (tertiary/aromatic N) is 1. The maximum Gasteiger partial charge on any atom is 0.264 e. The summed E-state index contributed by atoms with van der Waals surface area (Å²) in [6.07, 6.45) is 1.92. The summed E-state index contributed by atoms with van der Waals surface area (Å²) in [6.45, 7) is 3.76. The summed E-state index contributed by atoms with van der Waals surface area (Å²) in [5.74, 6) is -0.422. The van der Waals surface area contributed by atoms with Gasteiger partial charge in [0.1, 0.15) is 0 Å². The molecule has 2 N–H and O–H groups in total. The van der Waals surface area contributed by atoms with Gasteiger partial charge in [0.15, 0.2) is 0 Å². The minimum atomic E-state index is -3.81. The molecule has 8 nitrogen and oxygen atoms in total. The lowest BCUT2D eigenvalue weighted by Gasteiger charge is -2.20. The second kappa shape index (κ2) is 11.7. The molecule has 1 amide bonds. The Morgan fingerprint density at radius 3 is 1.95 bits per heavy atom. The van der Waals surface area contributed by atoms with E-state index in [4.69, 9.17) is 0 Å². The molecule has 0 radical (unpaired) electrons. The van der Waals surface area contributed by atoms with Crippen LogP contribution in [0.2, 0.25) is 0 Å². The minimum absolute atomic E-state index is 0.0576. The third-order valence-electron chi connectivity index (χ3n) is 6.26. The van der Waals surface area contributed by atoms with Gasteiger partial charge in [0.05, 0.1) is 21.2 Å². The number of carbonyl (C=O) groups excluding carboxylic acids is 1. The van der Waals surface area contributed by atoms with E-state index >= 15 is 0 Å². The highest BCUT2D eigenvalue weighted by atomic mass is 32.2. The van der Waals surface area contributed by atoms with E-state index < -0.39 is 26.0 Å². The Hall–Kier alpha value is -3.80. The molecule has 0 aromatic heterocycles. The maximum absolute atomic E-state index is 13.0. The fourth-order valence-electron chi connectivity index (χ4n) is 3.92. The molecular formula is C29H29N3O5S3. The van der Waals surface area contributed by atoms with Gasteiger partial charge in [-0.05, 0) is 105 Å². The molecule has 0 saturated heterocycles. The largest absolute Gasteiger partial charge is 0.322 e. The van der Waals surface area contributed by atoms with E-state index in [0.29, 0.717) is 22.6 Å². The van der Waals surface area contributed by atoms with Crippen molar-refractivity contribution in [2.75, 3.05) is 27.6 Å². The molecule has 208 valence electrons. The SMILES string of the molecule is CSc1ccc(S(=O)(=O)N(C)c2ccc(C(=O)Nc3ccc(S(=O)(=O)Nc4ccc(C)cc4C)cc3)cc2)cc1. The highest BCUT2D eigenvalue weighted by Crippen LogP contribution is 2.25. The van der Waals surface area contributed by atoms with E-state index in [2.05, 4.69) is 10.0 Å². The van der Waals surface area contributed by atoms with Crippen molar-refractivity contribution < 1.29 is 21.6 Å². The van der Waals surface area contributed by atoms with Gasteiger partial charge in [-0.1, -0.05) is 17.7 Å². The van der Waals surface area contributed by atoms with E-state index in [1.54, 1.807) is 42.5 Å². The first-order valence-corrected chi connectivity index (χ1v) is 16.3. The van der Waals surface area contributed by atoms with Gasteiger partial charge in [0.2, 0.25) is 0 Å². The van der Waals surface area contributed by atoms with Crippen LogP contribution in [0.5, 0.6) is 0 Å². The van der Waals surface area contributed by atoms with E-state index in [9.17, 15) is 21.6 Å². The lowest BCUT2D eigenvalue weighted by atomic mass is 10.1. The van der Waals surface area contributed by atoms with Crippen molar-refractivity contribution in [2.24, 2.45) is 0 Å². The number of aryl methyl sites for hydroxylation is 2. The molecular weight excluding hydrogens is 567 g/mol. The lowest BCUT2D eigenvalue weighted by Crippen LogP contribution is -2.26. The summed E-state index contributed by atoms with van der Waals surface area (Å²) in [7, 11) is -6.13. The van der Waals surface area contributed by atoms with E-state index in [1.165, 1.54) is 55.2 Å². The number of nitrogens with one attached hydrogen (secondary N) is 2. The van der Waals surface area contributed by atoms with Crippen molar-refractivity contribution in [2.45, 2.75) is 28.5 Å². The van der Waals surface area contributed by atoms with Crippen LogP contribution < -0.4 is 14.3 Å². The van der Waals surface area contributed by atoms with Gasteiger partial charge in [-0.3, -0.25) is 13.8 Å². The van der Waals surface area contributed by atoms with Crippen LogP contribution in [-0.4, -0.2) is 36.0 Å². The molecule has 0 spiro atoms. The molecule has 4 aromatic carbocycles. The van der Waals surface area contributed by atoms with Crippen LogP contribution in [0, 0.1) is 13.8 Å². The number of thioether (sulfide) groups is 1. The van der Waals surface area contributed by atoms with Crippen LogP contribution in [0.25, 0.3) is 0 Å². The monoisotopic (exact) mass is 595 g/mol. The van der Waals surface area contributed by atoms with Crippen molar-refractivity contribution in [3.63, 3.8) is 0 Å². The molecule has 0 heterocycles. The van der Waals surface area contributed by atoms with Crippen LogP contribution in [0.15, 0.2) is 106 Å². The lowest BCUT2D eigenvalue weighted by molar-refractivity contribution is 0.102. The molecule has 0 aliphatic rings. The zero-order chi connectivity index (χ0) is 29.1. The molecule has 0 aliphatic heterocycles. The van der Waals surface area contributed by atoms with E-state index in [0.717, 1.165) is 20.3 Å². The highest BCUT2D eigenvalue weighted by molar-refractivity contribution is 7.98. The minimum Gasteiger partial charge on any atom is -0.322 e. The fourth-order valence-corrected chi connectivity index (χ4v) is 6.65. The number of sulfonamides is 2. The predicted molar refractivity (Wildman–Crippen MR) is 161 cm³/mol. The summed E-state index contributed by atoms with van der Waals surface area (Å²) in [5, 5.41) is 2.73. The van der Waals surface area contributed by atoms with Crippen molar-refractivity contribution in [1.82, 2.24) is 0 Å². The summed E-state index contributed by atoms with van der Waals surface area (Å²) in [4.78, 5) is 14.0. The number of anilines is 3. The first-order chi connectivity index (χ1) is 18.9. The second-order valence-electron chi connectivity index (χ2n) is 9.10. The number of hydrogen-bond acceptors (Lipinski definition) is 6. The van der Waals surface area contributed by atoms with Crippen LogP contribution in [0.4, 0.5) is 17.1 Å². The molecule has 0 bridgehead atoms. The predicted octanol–water partition coefficient (Wildman–Crippen LogP) is 5.90. The maximum atomic E-state index is 13.0. The first-order valence-electron chi connectivity index (χ1n) is 12.2. The third kappa shape index (κ3) is 6.49. The third-order valence-corrected chi connectivity index (χ3v) is 10.2. The quantitative estimate of drug-likeness (QED) is 0.233. The van der Waals surface area contributed by atoms with E-state index in [1.807, 2.05) is 32.2 Å². The van der Waals surface area contributed by atoms with Crippen LogP contribution in [0.1, 0.15) is 21.5 Å². The highest BCUT2D eigenvalue weighted by Gasteiger charge is 2.22. The Morgan fingerprint density at radius 2 is 1.38 bits per heavy atom. The fraction of sp³-hybridized carbons (Fsp3) is 0.138. The van der Waals surface area contributed by atoms with Gasteiger partial charge in [0.25, 0.3) is 26.0 Å². The van der Waals surface area contributed by atoms with Crippen LogP contribution in [-0.2, 0) is 20.0 Å². The molecule has 40 heavy (non-hydrogen) atoms. The Balaban J connectivity index is 1.42. The zero-order valence-electron chi connectivity index (χ0n) is 22.4. The van der Waals surface area contributed by atoms with Crippen molar-refractivity contribution in [3.05, 3.63) is 108 Å². The zero-order valence-corrected chi connectivity index (χ0v) is 24.8. The first kappa shape index (κ1) is 29.2. The van der Waals surface area contributed by atoms with Gasteiger partial charge in [-0.25, -0.2) is 16.8 Å². The molecule has 11 heteroatoms. The van der Waals surface area contributed by atoms with Gasteiger partial charge in [-0.15, -0.1) is 11.8 Å². The number of carbonyl (C=O) groups is 1. The summed E-state index contributed by atoms with van der Waals surface area (Å²) in [5.41, 5.74) is 3.46. The summed E-state index contributed by atoms with van der Waals surface area (Å²) in [6, 6.07) is 24.1. The molecule has 4 aromatic rings. The summed E-state index contributed by atoms with van der Waals surface area (Å²) >= 11 is 1.52.